The second-order valence-electron chi connectivity index (χ2n) is 4.04. The van der Waals surface area contributed by atoms with Gasteiger partial charge in [-0.15, -0.1) is 0 Å². The molecule has 98 valence electrons. The fourth-order valence-corrected chi connectivity index (χ4v) is 1.45. The molecule has 0 unspecified atom stereocenters. The standard InChI is InChI=1S/C14H19NO3/c1-9(15-4)13-7-6-12(8-14(13)17-5)18-11(3)10(2)16/h6-8,11H,1-5H3/t11-/m1/s1. The van der Waals surface area contributed by atoms with Crippen LogP contribution in [0.15, 0.2) is 23.2 Å². The molecule has 0 saturated carbocycles. The van der Waals surface area contributed by atoms with Gasteiger partial charge in [0, 0.05) is 24.4 Å². The van der Waals surface area contributed by atoms with Crippen molar-refractivity contribution in [2.75, 3.05) is 14.2 Å². The Morgan fingerprint density at radius 1 is 1.33 bits per heavy atom. The van der Waals surface area contributed by atoms with E-state index in [1.54, 1.807) is 27.1 Å². The summed E-state index contributed by atoms with van der Waals surface area (Å²) in [4.78, 5) is 15.3. The van der Waals surface area contributed by atoms with Gasteiger partial charge in [-0.3, -0.25) is 9.79 Å². The van der Waals surface area contributed by atoms with Crippen LogP contribution in [-0.2, 0) is 4.79 Å². The lowest BCUT2D eigenvalue weighted by Gasteiger charge is -2.14. The molecule has 1 aromatic carbocycles. The van der Waals surface area contributed by atoms with Crippen molar-refractivity contribution < 1.29 is 14.3 Å². The molecule has 0 aliphatic heterocycles. The fourth-order valence-electron chi connectivity index (χ4n) is 1.45. The van der Waals surface area contributed by atoms with Crippen LogP contribution < -0.4 is 9.47 Å². The lowest BCUT2D eigenvalue weighted by atomic mass is 10.1. The summed E-state index contributed by atoms with van der Waals surface area (Å²) in [6.45, 7) is 5.14. The van der Waals surface area contributed by atoms with Crippen LogP contribution in [-0.4, -0.2) is 31.8 Å². The number of ether oxygens (including phenoxy) is 2. The van der Waals surface area contributed by atoms with Gasteiger partial charge in [0.1, 0.15) is 11.5 Å². The highest BCUT2D eigenvalue weighted by molar-refractivity contribution is 6.01. The van der Waals surface area contributed by atoms with Crippen molar-refractivity contribution in [1.29, 1.82) is 0 Å². The van der Waals surface area contributed by atoms with Gasteiger partial charge in [-0.2, -0.15) is 0 Å². The summed E-state index contributed by atoms with van der Waals surface area (Å²) in [6, 6.07) is 5.46. The number of aliphatic imine (C=N–C) groups is 1. The summed E-state index contributed by atoms with van der Waals surface area (Å²) in [7, 11) is 3.33. The number of carbonyl (C=O) groups is 1. The Balaban J connectivity index is 3.02. The smallest absolute Gasteiger partial charge is 0.169 e. The van der Waals surface area contributed by atoms with Crippen LogP contribution in [0.25, 0.3) is 0 Å². The van der Waals surface area contributed by atoms with Crippen LogP contribution in [0.1, 0.15) is 26.3 Å². The molecule has 0 spiro atoms. The van der Waals surface area contributed by atoms with Gasteiger partial charge in [-0.05, 0) is 32.9 Å². The highest BCUT2D eigenvalue weighted by Gasteiger charge is 2.12. The number of carbonyl (C=O) groups excluding carboxylic acids is 1. The number of rotatable bonds is 5. The lowest BCUT2D eigenvalue weighted by Crippen LogP contribution is -2.20. The topological polar surface area (TPSA) is 47.9 Å². The Kier molecular flexibility index (Phi) is 4.89. The number of ketones is 1. The quantitative estimate of drug-likeness (QED) is 0.753. The van der Waals surface area contributed by atoms with E-state index in [2.05, 4.69) is 4.99 Å². The van der Waals surface area contributed by atoms with E-state index in [0.717, 1.165) is 11.3 Å². The Morgan fingerprint density at radius 2 is 2.00 bits per heavy atom. The van der Waals surface area contributed by atoms with Gasteiger partial charge in [0.05, 0.1) is 7.11 Å². The summed E-state index contributed by atoms with van der Waals surface area (Å²) in [5.74, 6) is 1.29. The largest absolute Gasteiger partial charge is 0.496 e. The van der Waals surface area contributed by atoms with Crippen molar-refractivity contribution in [3.05, 3.63) is 23.8 Å². The molecule has 1 atom stereocenters. The van der Waals surface area contributed by atoms with E-state index >= 15 is 0 Å². The van der Waals surface area contributed by atoms with Crippen LogP contribution in [0.3, 0.4) is 0 Å². The van der Waals surface area contributed by atoms with E-state index in [1.807, 2.05) is 19.1 Å². The zero-order chi connectivity index (χ0) is 13.7. The van der Waals surface area contributed by atoms with Crippen LogP contribution in [0.5, 0.6) is 11.5 Å². The Labute approximate surface area is 108 Å². The SMILES string of the molecule is CN=C(C)c1ccc(O[C@H](C)C(C)=O)cc1OC. The van der Waals surface area contributed by atoms with Gasteiger partial charge >= 0.3 is 0 Å². The number of nitrogens with zero attached hydrogens (tertiary/aromatic N) is 1. The predicted molar refractivity (Wildman–Crippen MR) is 71.9 cm³/mol. The number of benzene rings is 1. The van der Waals surface area contributed by atoms with E-state index in [9.17, 15) is 4.79 Å². The van der Waals surface area contributed by atoms with Gasteiger partial charge in [0.25, 0.3) is 0 Å². The molecule has 18 heavy (non-hydrogen) atoms. The molecular formula is C14H19NO3. The number of methoxy groups -OCH3 is 1. The first-order valence-electron chi connectivity index (χ1n) is 5.78. The average molecular weight is 249 g/mol. The molecule has 0 amide bonds. The molecule has 0 aromatic heterocycles. The first-order valence-corrected chi connectivity index (χ1v) is 5.78. The summed E-state index contributed by atoms with van der Waals surface area (Å²) in [5.41, 5.74) is 1.81. The molecule has 0 N–H and O–H groups in total. The molecule has 0 aliphatic rings. The summed E-state index contributed by atoms with van der Waals surface area (Å²) in [5, 5.41) is 0. The molecule has 0 radical (unpaired) electrons. The maximum absolute atomic E-state index is 11.1. The second-order valence-corrected chi connectivity index (χ2v) is 4.04. The Hall–Kier alpha value is -1.84. The molecule has 4 heteroatoms. The third kappa shape index (κ3) is 3.32. The zero-order valence-electron chi connectivity index (χ0n) is 11.5. The number of Topliss-reactive ketones (excluding diaryl/α,β-unsaturated/α-hetero) is 1. The Bertz CT molecular complexity index is 466. The first kappa shape index (κ1) is 14.2. The molecule has 0 fully saturated rings. The normalized spacial score (nSPS) is 13.1. The van der Waals surface area contributed by atoms with Crippen LogP contribution in [0.2, 0.25) is 0 Å². The molecule has 0 aliphatic carbocycles. The first-order chi connectivity index (χ1) is 8.49. The van der Waals surface area contributed by atoms with Gasteiger partial charge in [-0.1, -0.05) is 0 Å². The number of hydrogen-bond donors (Lipinski definition) is 0. The molecular weight excluding hydrogens is 230 g/mol. The maximum atomic E-state index is 11.1. The van der Waals surface area contributed by atoms with Crippen LogP contribution in [0.4, 0.5) is 0 Å². The monoisotopic (exact) mass is 249 g/mol. The van der Waals surface area contributed by atoms with Gasteiger partial charge < -0.3 is 9.47 Å². The third-order valence-electron chi connectivity index (χ3n) is 2.78. The number of hydrogen-bond acceptors (Lipinski definition) is 4. The minimum atomic E-state index is -0.457. The van der Waals surface area contributed by atoms with E-state index in [4.69, 9.17) is 9.47 Å². The summed E-state index contributed by atoms with van der Waals surface area (Å²) >= 11 is 0. The zero-order valence-corrected chi connectivity index (χ0v) is 11.5. The second kappa shape index (κ2) is 6.19. The van der Waals surface area contributed by atoms with E-state index < -0.39 is 6.10 Å². The van der Waals surface area contributed by atoms with Crippen LogP contribution in [0, 0.1) is 0 Å². The van der Waals surface area contributed by atoms with Crippen LogP contribution >= 0.6 is 0 Å². The van der Waals surface area contributed by atoms with E-state index in [0.29, 0.717) is 11.5 Å². The van der Waals surface area contributed by atoms with Gasteiger partial charge in [0.15, 0.2) is 11.9 Å². The summed E-state index contributed by atoms with van der Waals surface area (Å²) in [6.07, 6.45) is -0.457. The minimum absolute atomic E-state index is 0.00987. The highest BCUT2D eigenvalue weighted by atomic mass is 16.5. The van der Waals surface area contributed by atoms with Crippen molar-refractivity contribution in [1.82, 2.24) is 0 Å². The summed E-state index contributed by atoms with van der Waals surface area (Å²) < 4.78 is 10.8. The molecule has 0 bridgehead atoms. The highest BCUT2D eigenvalue weighted by Crippen LogP contribution is 2.26. The average Bonchev–Trinajstić information content (AvgIpc) is 2.37. The predicted octanol–water partition coefficient (Wildman–Crippen LogP) is 2.49. The maximum Gasteiger partial charge on any atom is 0.169 e. The van der Waals surface area contributed by atoms with E-state index in [-0.39, 0.29) is 5.78 Å². The Morgan fingerprint density at radius 3 is 2.50 bits per heavy atom. The minimum Gasteiger partial charge on any atom is -0.496 e. The fraction of sp³-hybridized carbons (Fsp3) is 0.429. The van der Waals surface area contributed by atoms with Gasteiger partial charge in [0.2, 0.25) is 0 Å². The molecule has 0 heterocycles. The lowest BCUT2D eigenvalue weighted by molar-refractivity contribution is -0.122. The van der Waals surface area contributed by atoms with Gasteiger partial charge in [-0.25, -0.2) is 0 Å². The molecule has 4 nitrogen and oxygen atoms in total. The van der Waals surface area contributed by atoms with E-state index in [1.165, 1.54) is 6.92 Å². The third-order valence-corrected chi connectivity index (χ3v) is 2.78. The molecule has 1 aromatic rings. The molecule has 0 saturated heterocycles. The van der Waals surface area contributed by atoms with Crippen molar-refractivity contribution >= 4 is 11.5 Å². The molecule has 1 rings (SSSR count). The van der Waals surface area contributed by atoms with Crippen molar-refractivity contribution in [2.45, 2.75) is 26.9 Å². The van der Waals surface area contributed by atoms with Crippen molar-refractivity contribution in [2.24, 2.45) is 4.99 Å². The van der Waals surface area contributed by atoms with Crippen molar-refractivity contribution in [3.8, 4) is 11.5 Å². The van der Waals surface area contributed by atoms with Crippen molar-refractivity contribution in [3.63, 3.8) is 0 Å².